The van der Waals surface area contributed by atoms with Gasteiger partial charge in [-0.15, -0.1) is 6.58 Å². The molecule has 0 heteroatoms. The Labute approximate surface area is 78.1 Å². The summed E-state index contributed by atoms with van der Waals surface area (Å²) in [4.78, 5) is 0. The lowest BCUT2D eigenvalue weighted by Crippen LogP contribution is -1.99. The zero-order valence-corrected chi connectivity index (χ0v) is 9.03. The third-order valence-electron chi connectivity index (χ3n) is 2.37. The highest BCUT2D eigenvalue weighted by Crippen LogP contribution is 2.20. The van der Waals surface area contributed by atoms with Gasteiger partial charge in [-0.25, -0.2) is 0 Å². The van der Waals surface area contributed by atoms with Gasteiger partial charge in [-0.3, -0.25) is 0 Å². The van der Waals surface area contributed by atoms with Gasteiger partial charge in [0.05, 0.1) is 0 Å². The Morgan fingerprint density at radius 1 is 1.08 bits per heavy atom. The molecule has 0 atom stereocenters. The van der Waals surface area contributed by atoms with Crippen LogP contribution < -0.4 is 0 Å². The molecular weight excluding hydrogens is 144 g/mol. The van der Waals surface area contributed by atoms with Crippen molar-refractivity contribution in [2.45, 2.75) is 59.3 Å². The molecule has 0 saturated heterocycles. The van der Waals surface area contributed by atoms with Crippen LogP contribution >= 0.6 is 0 Å². The Morgan fingerprint density at radius 3 is 1.92 bits per heavy atom. The second kappa shape index (κ2) is 7.39. The fourth-order valence-electron chi connectivity index (χ4n) is 1.70. The van der Waals surface area contributed by atoms with Crippen LogP contribution in [0.5, 0.6) is 0 Å². The van der Waals surface area contributed by atoms with Crippen LogP contribution in [0, 0.1) is 5.92 Å². The van der Waals surface area contributed by atoms with E-state index in [1.165, 1.54) is 44.1 Å². The van der Waals surface area contributed by atoms with Crippen molar-refractivity contribution in [3.05, 3.63) is 12.2 Å². The average molecular weight is 168 g/mol. The topological polar surface area (TPSA) is 0 Å². The molecule has 0 aliphatic rings. The van der Waals surface area contributed by atoms with E-state index >= 15 is 0 Å². The summed E-state index contributed by atoms with van der Waals surface area (Å²) in [7, 11) is 0. The van der Waals surface area contributed by atoms with Crippen molar-refractivity contribution >= 4 is 0 Å². The molecular formula is C12H24. The second-order valence-electron chi connectivity index (χ2n) is 3.94. The summed E-state index contributed by atoms with van der Waals surface area (Å²) >= 11 is 0. The van der Waals surface area contributed by atoms with Gasteiger partial charge in [0.25, 0.3) is 0 Å². The average Bonchev–Trinajstić information content (AvgIpc) is 2.01. The van der Waals surface area contributed by atoms with Gasteiger partial charge in [-0.05, 0) is 25.7 Å². The Morgan fingerprint density at radius 2 is 1.58 bits per heavy atom. The summed E-state index contributed by atoms with van der Waals surface area (Å²) in [5.41, 5.74) is 1.34. The second-order valence-corrected chi connectivity index (χ2v) is 3.94. The van der Waals surface area contributed by atoms with Crippen LogP contribution in [0.1, 0.15) is 59.3 Å². The minimum atomic E-state index is 0.955. The molecule has 12 heavy (non-hydrogen) atoms. The molecule has 0 N–H and O–H groups in total. The van der Waals surface area contributed by atoms with E-state index in [9.17, 15) is 0 Å². The van der Waals surface area contributed by atoms with E-state index in [2.05, 4.69) is 27.4 Å². The summed E-state index contributed by atoms with van der Waals surface area (Å²) in [6.07, 6.45) is 8.06. The maximum absolute atomic E-state index is 3.95. The quantitative estimate of drug-likeness (QED) is 0.489. The van der Waals surface area contributed by atoms with Gasteiger partial charge < -0.3 is 0 Å². The van der Waals surface area contributed by atoms with Gasteiger partial charge in [0.2, 0.25) is 0 Å². The normalized spacial score (nSPS) is 10.7. The molecule has 0 nitrogen and oxygen atoms in total. The maximum Gasteiger partial charge on any atom is -0.0323 e. The summed E-state index contributed by atoms with van der Waals surface area (Å²) in [5.74, 6) is 0.955. The zero-order valence-electron chi connectivity index (χ0n) is 9.03. The molecule has 0 radical (unpaired) electrons. The highest BCUT2D eigenvalue weighted by molar-refractivity contribution is 4.88. The fraction of sp³-hybridized carbons (Fsp3) is 0.833. The van der Waals surface area contributed by atoms with Crippen molar-refractivity contribution in [1.29, 1.82) is 0 Å². The Hall–Kier alpha value is -0.260. The predicted octanol–water partition coefficient (Wildman–Crippen LogP) is 4.56. The monoisotopic (exact) mass is 168 g/mol. The molecule has 0 heterocycles. The Kier molecular flexibility index (Phi) is 7.23. The molecule has 0 amide bonds. The highest BCUT2D eigenvalue weighted by atomic mass is 14.1. The third-order valence-corrected chi connectivity index (χ3v) is 2.37. The molecule has 0 unspecified atom stereocenters. The molecule has 0 spiro atoms. The lowest BCUT2D eigenvalue weighted by Gasteiger charge is -2.14. The first-order chi connectivity index (χ1) is 5.70. The largest absolute Gasteiger partial charge is 0.100 e. The SMILES string of the molecule is C=C(C)CCC(CCC)CCC. The van der Waals surface area contributed by atoms with Gasteiger partial charge in [-0.2, -0.15) is 0 Å². The Balaban J connectivity index is 3.54. The van der Waals surface area contributed by atoms with Crippen LogP contribution in [0.4, 0.5) is 0 Å². The molecule has 0 rings (SSSR count). The summed E-state index contributed by atoms with van der Waals surface area (Å²) in [5, 5.41) is 0. The van der Waals surface area contributed by atoms with Crippen LogP contribution in [0.2, 0.25) is 0 Å². The number of hydrogen-bond donors (Lipinski definition) is 0. The first-order valence-electron chi connectivity index (χ1n) is 5.35. The van der Waals surface area contributed by atoms with Crippen LogP contribution in [-0.2, 0) is 0 Å². The van der Waals surface area contributed by atoms with E-state index in [1.54, 1.807) is 0 Å². The van der Waals surface area contributed by atoms with Crippen LogP contribution in [-0.4, -0.2) is 0 Å². The molecule has 0 aromatic rings. The molecule has 0 aromatic heterocycles. The summed E-state index contributed by atoms with van der Waals surface area (Å²) < 4.78 is 0. The van der Waals surface area contributed by atoms with E-state index in [4.69, 9.17) is 0 Å². The van der Waals surface area contributed by atoms with Crippen molar-refractivity contribution in [1.82, 2.24) is 0 Å². The zero-order chi connectivity index (χ0) is 9.40. The smallest absolute Gasteiger partial charge is 0.0323 e. The first-order valence-corrected chi connectivity index (χ1v) is 5.35. The molecule has 0 bridgehead atoms. The maximum atomic E-state index is 3.95. The van der Waals surface area contributed by atoms with Gasteiger partial charge >= 0.3 is 0 Å². The first kappa shape index (κ1) is 11.7. The summed E-state index contributed by atoms with van der Waals surface area (Å²) in [6.45, 7) is 10.6. The van der Waals surface area contributed by atoms with Crippen LogP contribution in [0.25, 0.3) is 0 Å². The van der Waals surface area contributed by atoms with Crippen molar-refractivity contribution in [3.8, 4) is 0 Å². The molecule has 0 aliphatic carbocycles. The van der Waals surface area contributed by atoms with E-state index in [1.807, 2.05) is 0 Å². The fourth-order valence-corrected chi connectivity index (χ4v) is 1.70. The molecule has 0 saturated carbocycles. The lowest BCUT2D eigenvalue weighted by molar-refractivity contribution is 0.411. The highest BCUT2D eigenvalue weighted by Gasteiger charge is 2.05. The van der Waals surface area contributed by atoms with E-state index < -0.39 is 0 Å². The lowest BCUT2D eigenvalue weighted by atomic mass is 9.92. The summed E-state index contributed by atoms with van der Waals surface area (Å²) in [6, 6.07) is 0. The number of hydrogen-bond acceptors (Lipinski definition) is 0. The van der Waals surface area contributed by atoms with E-state index in [-0.39, 0.29) is 0 Å². The van der Waals surface area contributed by atoms with E-state index in [0.717, 1.165) is 5.92 Å². The Bertz CT molecular complexity index is 107. The number of rotatable bonds is 7. The van der Waals surface area contributed by atoms with E-state index in [0.29, 0.717) is 0 Å². The predicted molar refractivity (Wildman–Crippen MR) is 57.4 cm³/mol. The van der Waals surface area contributed by atoms with Gasteiger partial charge in [0, 0.05) is 0 Å². The number of allylic oxidation sites excluding steroid dienone is 1. The molecule has 72 valence electrons. The third kappa shape index (κ3) is 6.45. The van der Waals surface area contributed by atoms with Crippen molar-refractivity contribution in [2.75, 3.05) is 0 Å². The van der Waals surface area contributed by atoms with Crippen molar-refractivity contribution in [2.24, 2.45) is 5.92 Å². The molecule has 0 aromatic carbocycles. The minimum absolute atomic E-state index is 0.955. The minimum Gasteiger partial charge on any atom is -0.100 e. The van der Waals surface area contributed by atoms with Gasteiger partial charge in [-0.1, -0.05) is 45.1 Å². The molecule has 0 aliphatic heterocycles. The van der Waals surface area contributed by atoms with Gasteiger partial charge in [0.15, 0.2) is 0 Å². The molecule has 0 fully saturated rings. The van der Waals surface area contributed by atoms with Crippen molar-refractivity contribution < 1.29 is 0 Å². The standard InChI is InChI=1S/C12H24/c1-5-7-12(8-6-2)10-9-11(3)4/h12H,3,5-10H2,1-2,4H3. The van der Waals surface area contributed by atoms with Crippen LogP contribution in [0.3, 0.4) is 0 Å². The van der Waals surface area contributed by atoms with Crippen LogP contribution in [0.15, 0.2) is 12.2 Å². The van der Waals surface area contributed by atoms with Gasteiger partial charge in [0.1, 0.15) is 0 Å². The van der Waals surface area contributed by atoms with Crippen molar-refractivity contribution in [3.63, 3.8) is 0 Å².